The lowest BCUT2D eigenvalue weighted by atomic mass is 10.0. The molecule has 0 saturated heterocycles. The van der Waals surface area contributed by atoms with Gasteiger partial charge in [0.1, 0.15) is 36.3 Å². The van der Waals surface area contributed by atoms with Gasteiger partial charge in [-0.05, 0) is 96.4 Å². The number of thioether (sulfide) groups is 1. The Hall–Kier alpha value is -4.29. The molecule has 53 heavy (non-hydrogen) atoms. The molecule has 2 aromatic carbocycles. The van der Waals surface area contributed by atoms with Crippen molar-refractivity contribution in [3.63, 3.8) is 0 Å². The molecular formula is C36H52N8O7S2. The Bertz CT molecular complexity index is 1640. The molecule has 1 heterocycles. The van der Waals surface area contributed by atoms with Gasteiger partial charge in [0.05, 0.1) is 15.5 Å². The largest absolute Gasteiger partial charge is 0.480 e. The number of carboxylic acids is 1. The van der Waals surface area contributed by atoms with E-state index in [1.807, 2.05) is 56.3 Å². The van der Waals surface area contributed by atoms with Crippen LogP contribution in [-0.4, -0.2) is 102 Å². The third-order valence-corrected chi connectivity index (χ3v) is 10.7. The second kappa shape index (κ2) is 22.7. The number of hydrogen-bond donors (Lipinski definition) is 7. The zero-order chi connectivity index (χ0) is 38.8. The number of nitrogens with two attached hydrogens (primary N) is 2. The zero-order valence-corrected chi connectivity index (χ0v) is 32.1. The third kappa shape index (κ3) is 15.7. The van der Waals surface area contributed by atoms with Crippen molar-refractivity contribution in [3.8, 4) is 0 Å². The number of carbonyl (C=O) groups is 5. The van der Waals surface area contributed by atoms with Crippen LogP contribution in [0.5, 0.6) is 0 Å². The van der Waals surface area contributed by atoms with Gasteiger partial charge in [-0.1, -0.05) is 30.3 Å². The van der Waals surface area contributed by atoms with Gasteiger partial charge in [0.15, 0.2) is 0 Å². The number of carboxylic acid groups (broad SMARTS) is 1. The quantitative estimate of drug-likeness (QED) is 0.0690. The molecule has 17 heteroatoms. The monoisotopic (exact) mass is 772 g/mol. The Morgan fingerprint density at radius 2 is 1.66 bits per heavy atom. The third-order valence-electron chi connectivity index (χ3n) is 8.05. The summed E-state index contributed by atoms with van der Waals surface area (Å²) in [5, 5.41) is 20.7. The molecule has 3 rings (SSSR count). The summed E-state index contributed by atoms with van der Waals surface area (Å²) < 4.78 is 6.00. The average molecular weight is 773 g/mol. The van der Waals surface area contributed by atoms with Gasteiger partial charge >= 0.3 is 12.1 Å². The number of rotatable bonds is 23. The molecule has 0 aliphatic rings. The Morgan fingerprint density at radius 1 is 0.962 bits per heavy atom. The lowest BCUT2D eigenvalue weighted by Crippen LogP contribution is -2.53. The molecule has 0 fully saturated rings. The van der Waals surface area contributed by atoms with Crippen LogP contribution in [0.4, 0.5) is 10.5 Å². The Morgan fingerprint density at radius 3 is 2.34 bits per heavy atom. The van der Waals surface area contributed by atoms with E-state index in [0.717, 1.165) is 33.8 Å². The van der Waals surface area contributed by atoms with Crippen LogP contribution in [0.25, 0.3) is 10.2 Å². The molecule has 0 radical (unpaired) electrons. The molecule has 0 aliphatic carbocycles. The number of aliphatic carboxylic acids is 1. The number of fused-ring (bicyclic) bond motifs is 1. The summed E-state index contributed by atoms with van der Waals surface area (Å²) in [5.41, 5.74) is 13.4. The number of unbranched alkanes of at least 4 members (excludes halogenated alkanes) is 2. The Kier molecular flexibility index (Phi) is 18.5. The van der Waals surface area contributed by atoms with Gasteiger partial charge in [0, 0.05) is 11.4 Å². The van der Waals surface area contributed by atoms with Gasteiger partial charge < -0.3 is 47.5 Å². The highest BCUT2D eigenvalue weighted by Gasteiger charge is 2.27. The average Bonchev–Trinajstić information content (AvgIpc) is 3.56. The number of amides is 4. The van der Waals surface area contributed by atoms with E-state index in [0.29, 0.717) is 44.3 Å². The van der Waals surface area contributed by atoms with Crippen molar-refractivity contribution >= 4 is 68.8 Å². The van der Waals surface area contributed by atoms with Crippen molar-refractivity contribution < 1.29 is 33.8 Å². The fourth-order valence-corrected chi connectivity index (χ4v) is 7.19. The van der Waals surface area contributed by atoms with E-state index in [2.05, 4.69) is 26.3 Å². The fraction of sp³-hybridized carbons (Fsp3) is 0.500. The smallest absolute Gasteiger partial charge is 0.407 e. The van der Waals surface area contributed by atoms with Crippen LogP contribution >= 0.6 is 23.1 Å². The zero-order valence-electron chi connectivity index (χ0n) is 30.5. The predicted octanol–water partition coefficient (Wildman–Crippen LogP) is 3.20. The van der Waals surface area contributed by atoms with Crippen molar-refractivity contribution in [2.24, 2.45) is 11.5 Å². The summed E-state index contributed by atoms with van der Waals surface area (Å²) in [6.07, 6.45) is 2.53. The van der Waals surface area contributed by atoms with E-state index >= 15 is 0 Å². The Balaban J connectivity index is 1.65. The van der Waals surface area contributed by atoms with E-state index in [9.17, 15) is 24.0 Å². The molecule has 1 unspecified atom stereocenters. The molecule has 3 aromatic rings. The van der Waals surface area contributed by atoms with E-state index in [4.69, 9.17) is 21.3 Å². The number of nitrogens with one attached hydrogen (secondary N) is 4. The number of aromatic nitrogens is 1. The fourth-order valence-electron chi connectivity index (χ4n) is 5.07. The number of alkyl carbamates (subject to hydrolysis) is 1. The number of thiazole rings is 1. The molecule has 0 aliphatic heterocycles. The van der Waals surface area contributed by atoms with Crippen molar-refractivity contribution in [1.82, 2.24) is 25.8 Å². The second-order valence-electron chi connectivity index (χ2n) is 12.8. The molecule has 9 N–H and O–H groups in total. The highest BCUT2D eigenvalue weighted by atomic mass is 32.2. The van der Waals surface area contributed by atoms with Crippen LogP contribution in [0.3, 0.4) is 0 Å². The maximum absolute atomic E-state index is 13.7. The first-order chi connectivity index (χ1) is 25.4. The van der Waals surface area contributed by atoms with E-state index in [-0.39, 0.29) is 17.6 Å². The SMILES string of the molecule is CC(SC[C@@H](N)C(=O)O)c1nc2ccc(NC(=O)[C@H](CCCCN)NC(=O)[C@H](CCCCN(C)C)NC(=O)CNC(=O)OCc3ccccc3)cc2s1. The minimum absolute atomic E-state index is 0.0437. The van der Waals surface area contributed by atoms with Crippen LogP contribution in [0.2, 0.25) is 0 Å². The van der Waals surface area contributed by atoms with Gasteiger partial charge in [0.25, 0.3) is 0 Å². The summed E-state index contributed by atoms with van der Waals surface area (Å²) >= 11 is 2.84. The molecular weight excluding hydrogens is 721 g/mol. The van der Waals surface area contributed by atoms with Crippen molar-refractivity contribution in [2.45, 2.75) is 75.4 Å². The summed E-state index contributed by atoms with van der Waals surface area (Å²) in [6.45, 7) is 2.80. The topological polar surface area (TPSA) is 231 Å². The van der Waals surface area contributed by atoms with Crippen molar-refractivity contribution in [1.29, 1.82) is 0 Å². The predicted molar refractivity (Wildman–Crippen MR) is 209 cm³/mol. The number of benzene rings is 2. The Labute approximate surface area is 318 Å². The number of carbonyl (C=O) groups excluding carboxylic acids is 4. The molecule has 0 saturated carbocycles. The van der Waals surface area contributed by atoms with E-state index < -0.39 is 54.5 Å². The molecule has 0 spiro atoms. The molecule has 4 atom stereocenters. The molecule has 15 nitrogen and oxygen atoms in total. The van der Waals surface area contributed by atoms with Gasteiger partial charge in [0.2, 0.25) is 17.7 Å². The van der Waals surface area contributed by atoms with Crippen LogP contribution in [0.1, 0.15) is 61.3 Å². The number of ether oxygens (including phenoxy) is 1. The minimum Gasteiger partial charge on any atom is -0.480 e. The second-order valence-corrected chi connectivity index (χ2v) is 15.3. The van der Waals surface area contributed by atoms with E-state index in [1.54, 1.807) is 18.2 Å². The number of hydrogen-bond acceptors (Lipinski definition) is 12. The maximum Gasteiger partial charge on any atom is 0.407 e. The van der Waals surface area contributed by atoms with Crippen LogP contribution < -0.4 is 32.7 Å². The number of nitrogens with zero attached hydrogens (tertiary/aromatic N) is 2. The van der Waals surface area contributed by atoms with Crippen LogP contribution in [-0.2, 0) is 30.5 Å². The summed E-state index contributed by atoms with van der Waals surface area (Å²) in [7, 11) is 3.90. The minimum atomic E-state index is -1.06. The molecule has 4 amide bonds. The molecule has 290 valence electrons. The van der Waals surface area contributed by atoms with Gasteiger partial charge in [-0.2, -0.15) is 0 Å². The van der Waals surface area contributed by atoms with Crippen molar-refractivity contribution in [3.05, 3.63) is 59.1 Å². The summed E-state index contributed by atoms with van der Waals surface area (Å²) in [5.74, 6) is -2.33. The standard InChI is InChI=1S/C36H52N8O7S2/c1-23(52-22-26(38)35(48)49)34-43-27-16-15-25(19-30(27)53-34)40-32(46)29(13-7-9-17-37)42-33(47)28(14-8-10-18-44(2)3)41-31(45)20-39-36(50)51-21-24-11-5-4-6-12-24/h4-6,11-12,15-16,19,23,26,28-29H,7-10,13-14,17-18,20-22,37-38H2,1-3H3,(H,39,50)(H,40,46)(H,41,45)(H,42,47)(H,48,49)/t23?,26-,28+,29+/m1/s1. The first-order valence-corrected chi connectivity index (χ1v) is 19.4. The normalized spacial score (nSPS) is 13.5. The molecule has 1 aromatic heterocycles. The van der Waals surface area contributed by atoms with E-state index in [1.165, 1.54) is 23.1 Å². The highest BCUT2D eigenvalue weighted by molar-refractivity contribution is 7.99. The molecule has 0 bridgehead atoms. The summed E-state index contributed by atoms with van der Waals surface area (Å²) in [4.78, 5) is 70.2. The van der Waals surface area contributed by atoms with Gasteiger partial charge in [-0.15, -0.1) is 23.1 Å². The number of anilines is 1. The first-order valence-electron chi connectivity index (χ1n) is 17.6. The first kappa shape index (κ1) is 43.1. The lowest BCUT2D eigenvalue weighted by molar-refractivity contribution is -0.138. The van der Waals surface area contributed by atoms with Gasteiger partial charge in [-0.25, -0.2) is 9.78 Å². The summed E-state index contributed by atoms with van der Waals surface area (Å²) in [6, 6.07) is 11.6. The van der Waals surface area contributed by atoms with Crippen LogP contribution in [0.15, 0.2) is 48.5 Å². The maximum atomic E-state index is 13.7. The van der Waals surface area contributed by atoms with Crippen molar-refractivity contribution in [2.75, 3.05) is 44.8 Å². The highest BCUT2D eigenvalue weighted by Crippen LogP contribution is 2.35. The lowest BCUT2D eigenvalue weighted by Gasteiger charge is -2.23. The van der Waals surface area contributed by atoms with Gasteiger partial charge in [-0.3, -0.25) is 19.2 Å². The van der Waals surface area contributed by atoms with Crippen LogP contribution in [0, 0.1) is 0 Å².